The van der Waals surface area contributed by atoms with Gasteiger partial charge in [-0.1, -0.05) is 6.07 Å². The molecule has 0 amide bonds. The Bertz CT molecular complexity index is 526. The number of esters is 1. The Morgan fingerprint density at radius 3 is 2.95 bits per heavy atom. The molecule has 2 N–H and O–H groups in total. The number of rotatable bonds is 3. The number of ether oxygens (including phenoxy) is 2. The summed E-state index contributed by atoms with van der Waals surface area (Å²) in [4.78, 5) is 14.1. The number of carbonyl (C=O) groups excluding carboxylic acids is 1. The van der Waals surface area contributed by atoms with Crippen molar-refractivity contribution in [1.82, 2.24) is 0 Å². The number of hydrogen-bond donors (Lipinski definition) is 1. The van der Waals surface area contributed by atoms with Crippen molar-refractivity contribution in [3.05, 3.63) is 18.2 Å². The molecule has 21 heavy (non-hydrogen) atoms. The zero-order chi connectivity index (χ0) is 14.8. The van der Waals surface area contributed by atoms with Gasteiger partial charge in [0.1, 0.15) is 30.2 Å². The van der Waals surface area contributed by atoms with Gasteiger partial charge in [-0.2, -0.15) is 0 Å². The molecule has 1 saturated carbocycles. The van der Waals surface area contributed by atoms with Crippen LogP contribution < -0.4 is 15.4 Å². The van der Waals surface area contributed by atoms with Gasteiger partial charge < -0.3 is 20.1 Å². The Morgan fingerprint density at radius 2 is 2.19 bits per heavy atom. The number of anilines is 2. The third-order valence-electron chi connectivity index (χ3n) is 4.07. The molecule has 1 aliphatic heterocycles. The molecule has 1 fully saturated rings. The number of benzene rings is 1. The summed E-state index contributed by atoms with van der Waals surface area (Å²) in [6.07, 6.45) is 4.42. The molecule has 1 aromatic rings. The van der Waals surface area contributed by atoms with Crippen molar-refractivity contribution in [3.63, 3.8) is 0 Å². The van der Waals surface area contributed by atoms with E-state index in [0.717, 1.165) is 37.1 Å². The van der Waals surface area contributed by atoms with Crippen molar-refractivity contribution < 1.29 is 14.3 Å². The van der Waals surface area contributed by atoms with Crippen LogP contribution in [0.3, 0.4) is 0 Å². The standard InChI is InChI=1S/C16H22N2O3/c1-11-9-18(10-15(19)21-12-5-2-3-6-12)16-13(17)7-4-8-14(16)20-11/h4,7-8,11-12H,2-3,5-6,9-10,17H2,1H3. The van der Waals surface area contributed by atoms with Crippen molar-refractivity contribution >= 4 is 17.3 Å². The summed E-state index contributed by atoms with van der Waals surface area (Å²) < 4.78 is 11.3. The van der Waals surface area contributed by atoms with Crippen molar-refractivity contribution in [1.29, 1.82) is 0 Å². The normalized spacial score (nSPS) is 21.8. The van der Waals surface area contributed by atoms with Crippen LogP contribution in [-0.2, 0) is 9.53 Å². The van der Waals surface area contributed by atoms with Gasteiger partial charge in [0, 0.05) is 0 Å². The molecule has 0 aromatic heterocycles. The highest BCUT2D eigenvalue weighted by Gasteiger charge is 2.28. The highest BCUT2D eigenvalue weighted by atomic mass is 16.5. The van der Waals surface area contributed by atoms with Gasteiger partial charge in [-0.3, -0.25) is 4.79 Å². The molecule has 1 atom stereocenters. The van der Waals surface area contributed by atoms with Gasteiger partial charge >= 0.3 is 5.97 Å². The molecule has 0 spiro atoms. The number of nitrogen functional groups attached to an aromatic ring is 1. The Morgan fingerprint density at radius 1 is 1.43 bits per heavy atom. The van der Waals surface area contributed by atoms with E-state index < -0.39 is 0 Å². The average Bonchev–Trinajstić information content (AvgIpc) is 2.90. The summed E-state index contributed by atoms with van der Waals surface area (Å²) in [6.45, 7) is 2.85. The van der Waals surface area contributed by atoms with E-state index in [-0.39, 0.29) is 24.7 Å². The molecule has 0 saturated heterocycles. The first-order valence-electron chi connectivity index (χ1n) is 7.63. The molecule has 114 valence electrons. The smallest absolute Gasteiger partial charge is 0.325 e. The molecule has 5 nitrogen and oxygen atoms in total. The van der Waals surface area contributed by atoms with Gasteiger partial charge in [0.2, 0.25) is 0 Å². The van der Waals surface area contributed by atoms with Crippen molar-refractivity contribution in [3.8, 4) is 5.75 Å². The van der Waals surface area contributed by atoms with E-state index in [1.54, 1.807) is 0 Å². The molecule has 1 aromatic carbocycles. The zero-order valence-corrected chi connectivity index (χ0v) is 12.4. The predicted molar refractivity (Wildman–Crippen MR) is 81.5 cm³/mol. The molecule has 1 heterocycles. The van der Waals surface area contributed by atoms with Gasteiger partial charge in [-0.25, -0.2) is 0 Å². The second kappa shape index (κ2) is 5.84. The van der Waals surface area contributed by atoms with E-state index in [9.17, 15) is 4.79 Å². The molecule has 5 heteroatoms. The van der Waals surface area contributed by atoms with Gasteiger partial charge in [0.05, 0.1) is 12.2 Å². The third-order valence-corrected chi connectivity index (χ3v) is 4.07. The van der Waals surface area contributed by atoms with E-state index in [1.165, 1.54) is 0 Å². The number of fused-ring (bicyclic) bond motifs is 1. The number of nitrogens with zero attached hydrogens (tertiary/aromatic N) is 1. The molecule has 3 rings (SSSR count). The Balaban J connectivity index is 1.72. The summed E-state index contributed by atoms with van der Waals surface area (Å²) in [5.41, 5.74) is 7.48. The van der Waals surface area contributed by atoms with Crippen LogP contribution in [0.1, 0.15) is 32.6 Å². The predicted octanol–water partition coefficient (Wildman–Crippen LogP) is 2.34. The lowest BCUT2D eigenvalue weighted by Gasteiger charge is -2.35. The van der Waals surface area contributed by atoms with E-state index in [0.29, 0.717) is 12.2 Å². The highest BCUT2D eigenvalue weighted by Crippen LogP contribution is 2.38. The molecule has 0 radical (unpaired) electrons. The molecule has 1 aliphatic carbocycles. The van der Waals surface area contributed by atoms with Crippen LogP contribution in [0.4, 0.5) is 11.4 Å². The summed E-state index contributed by atoms with van der Waals surface area (Å²) in [5, 5.41) is 0. The van der Waals surface area contributed by atoms with Crippen LogP contribution in [0, 0.1) is 0 Å². The quantitative estimate of drug-likeness (QED) is 0.684. The van der Waals surface area contributed by atoms with E-state index in [2.05, 4.69) is 0 Å². The Hall–Kier alpha value is -1.91. The minimum absolute atomic E-state index is 0.0265. The number of hydrogen-bond acceptors (Lipinski definition) is 5. The van der Waals surface area contributed by atoms with E-state index >= 15 is 0 Å². The monoisotopic (exact) mass is 290 g/mol. The average molecular weight is 290 g/mol. The maximum Gasteiger partial charge on any atom is 0.325 e. The Kier molecular flexibility index (Phi) is 3.90. The first-order chi connectivity index (χ1) is 10.1. The van der Waals surface area contributed by atoms with Gasteiger partial charge in [0.15, 0.2) is 0 Å². The van der Waals surface area contributed by atoms with Crippen LogP contribution in [-0.4, -0.2) is 31.3 Å². The topological polar surface area (TPSA) is 64.8 Å². The highest BCUT2D eigenvalue weighted by molar-refractivity contribution is 5.82. The summed E-state index contributed by atoms with van der Waals surface area (Å²) in [5.74, 6) is 0.563. The molecular formula is C16H22N2O3. The van der Waals surface area contributed by atoms with Crippen LogP contribution in [0.2, 0.25) is 0 Å². The van der Waals surface area contributed by atoms with E-state index in [1.807, 2.05) is 30.0 Å². The van der Waals surface area contributed by atoms with Crippen LogP contribution >= 0.6 is 0 Å². The summed E-state index contributed by atoms with van der Waals surface area (Å²) in [6, 6.07) is 5.57. The first kappa shape index (κ1) is 14.0. The van der Waals surface area contributed by atoms with Crippen molar-refractivity contribution in [2.75, 3.05) is 23.7 Å². The van der Waals surface area contributed by atoms with Crippen LogP contribution in [0.15, 0.2) is 18.2 Å². The van der Waals surface area contributed by atoms with Gasteiger partial charge in [-0.05, 0) is 44.7 Å². The summed E-state index contributed by atoms with van der Waals surface area (Å²) in [7, 11) is 0. The van der Waals surface area contributed by atoms with Crippen molar-refractivity contribution in [2.24, 2.45) is 0 Å². The van der Waals surface area contributed by atoms with E-state index in [4.69, 9.17) is 15.2 Å². The second-order valence-electron chi connectivity index (χ2n) is 5.90. The lowest BCUT2D eigenvalue weighted by atomic mass is 10.1. The SMILES string of the molecule is CC1CN(CC(=O)OC2CCCC2)c2c(N)cccc2O1. The third kappa shape index (κ3) is 3.06. The lowest BCUT2D eigenvalue weighted by molar-refractivity contribution is -0.147. The van der Waals surface area contributed by atoms with Crippen molar-refractivity contribution in [2.45, 2.75) is 44.8 Å². The van der Waals surface area contributed by atoms with Crippen LogP contribution in [0.25, 0.3) is 0 Å². The maximum absolute atomic E-state index is 12.1. The number of para-hydroxylation sites is 1. The first-order valence-corrected chi connectivity index (χ1v) is 7.63. The van der Waals surface area contributed by atoms with Gasteiger partial charge in [-0.15, -0.1) is 0 Å². The molecular weight excluding hydrogens is 268 g/mol. The van der Waals surface area contributed by atoms with Crippen LogP contribution in [0.5, 0.6) is 5.75 Å². The molecule has 2 aliphatic rings. The summed E-state index contributed by atoms with van der Waals surface area (Å²) >= 11 is 0. The largest absolute Gasteiger partial charge is 0.487 e. The molecule has 1 unspecified atom stereocenters. The zero-order valence-electron chi connectivity index (χ0n) is 12.4. The fraction of sp³-hybridized carbons (Fsp3) is 0.562. The van der Waals surface area contributed by atoms with Gasteiger partial charge in [0.25, 0.3) is 0 Å². The number of nitrogens with two attached hydrogens (primary N) is 1. The fourth-order valence-corrected chi connectivity index (χ4v) is 3.16. The second-order valence-corrected chi connectivity index (χ2v) is 5.90. The minimum Gasteiger partial charge on any atom is -0.487 e. The minimum atomic E-state index is -0.176. The maximum atomic E-state index is 12.1. The molecule has 0 bridgehead atoms. The lowest BCUT2D eigenvalue weighted by Crippen LogP contribution is -2.42. The number of carbonyl (C=O) groups is 1. The Labute approximate surface area is 125 Å². The fourth-order valence-electron chi connectivity index (χ4n) is 3.16.